The molecule has 0 bridgehead atoms. The van der Waals surface area contributed by atoms with Crippen molar-refractivity contribution in [3.8, 4) is 0 Å². The van der Waals surface area contributed by atoms with E-state index in [-0.39, 0.29) is 17.5 Å². The van der Waals surface area contributed by atoms with Crippen LogP contribution in [0.5, 0.6) is 0 Å². The van der Waals surface area contributed by atoms with E-state index < -0.39 is 5.97 Å². The molecule has 0 fully saturated rings. The van der Waals surface area contributed by atoms with E-state index in [1.807, 2.05) is 13.8 Å². The Bertz CT molecular complexity index is 417. The summed E-state index contributed by atoms with van der Waals surface area (Å²) in [5, 5.41) is 13.8. The van der Waals surface area contributed by atoms with Crippen LogP contribution in [0.1, 0.15) is 42.2 Å². The Balaban J connectivity index is 2.32. The van der Waals surface area contributed by atoms with E-state index in [0.717, 1.165) is 17.8 Å². The maximum absolute atomic E-state index is 11.6. The zero-order valence-corrected chi connectivity index (χ0v) is 11.4. The van der Waals surface area contributed by atoms with Gasteiger partial charge in [-0.25, -0.2) is 9.78 Å². The van der Waals surface area contributed by atoms with Crippen LogP contribution >= 0.6 is 11.3 Å². The lowest BCUT2D eigenvalue weighted by Crippen LogP contribution is -2.30. The molecule has 1 aromatic heterocycles. The number of nitrogens with one attached hydrogen (secondary N) is 1. The number of thiazole rings is 1. The number of aromatic nitrogens is 1. The van der Waals surface area contributed by atoms with Gasteiger partial charge in [-0.15, -0.1) is 11.3 Å². The summed E-state index contributed by atoms with van der Waals surface area (Å²) in [5.41, 5.74) is 0.0701. The van der Waals surface area contributed by atoms with Gasteiger partial charge in [0.05, 0.1) is 5.01 Å². The average molecular weight is 270 g/mol. The third-order valence-electron chi connectivity index (χ3n) is 2.58. The molecule has 0 radical (unpaired) electrons. The van der Waals surface area contributed by atoms with Crippen molar-refractivity contribution in [3.63, 3.8) is 0 Å². The summed E-state index contributed by atoms with van der Waals surface area (Å²) in [7, 11) is 0. The van der Waals surface area contributed by atoms with Gasteiger partial charge in [0.2, 0.25) is 5.91 Å². The summed E-state index contributed by atoms with van der Waals surface area (Å²) in [6.07, 6.45) is 2.44. The molecule has 1 rings (SSSR count). The minimum absolute atomic E-state index is 0.0286. The fourth-order valence-corrected chi connectivity index (χ4v) is 2.33. The molecule has 1 aromatic rings. The molecule has 0 saturated carbocycles. The molecule has 0 aliphatic heterocycles. The Morgan fingerprint density at radius 1 is 1.56 bits per heavy atom. The van der Waals surface area contributed by atoms with E-state index in [2.05, 4.69) is 10.3 Å². The van der Waals surface area contributed by atoms with Crippen LogP contribution < -0.4 is 5.32 Å². The molecule has 5 nitrogen and oxygen atoms in total. The van der Waals surface area contributed by atoms with Crippen LogP contribution in [0.4, 0.5) is 0 Å². The second-order valence-corrected chi connectivity index (χ2v) is 5.11. The first-order valence-corrected chi connectivity index (χ1v) is 6.88. The number of rotatable bonds is 7. The molecule has 2 N–H and O–H groups in total. The second kappa shape index (κ2) is 7.10. The SMILES string of the molecule is CCCC(C)C(=O)NCCc1nc(C(=O)O)cs1. The molecule has 0 saturated heterocycles. The van der Waals surface area contributed by atoms with Crippen LogP contribution in [0, 0.1) is 5.92 Å². The summed E-state index contributed by atoms with van der Waals surface area (Å²) >= 11 is 1.30. The Morgan fingerprint density at radius 2 is 2.28 bits per heavy atom. The predicted molar refractivity (Wildman–Crippen MR) is 69.9 cm³/mol. The van der Waals surface area contributed by atoms with Crippen LogP contribution in [0.2, 0.25) is 0 Å². The fourth-order valence-electron chi connectivity index (χ4n) is 1.55. The van der Waals surface area contributed by atoms with Crippen molar-refractivity contribution in [1.82, 2.24) is 10.3 Å². The molecule has 6 heteroatoms. The van der Waals surface area contributed by atoms with E-state index in [1.54, 1.807) is 0 Å². The van der Waals surface area contributed by atoms with Gasteiger partial charge in [-0.05, 0) is 6.42 Å². The highest BCUT2D eigenvalue weighted by molar-refractivity contribution is 7.09. The molecule has 100 valence electrons. The molecule has 1 amide bonds. The maximum Gasteiger partial charge on any atom is 0.355 e. The number of hydrogen-bond donors (Lipinski definition) is 2. The number of carbonyl (C=O) groups excluding carboxylic acids is 1. The minimum atomic E-state index is -1.02. The quantitative estimate of drug-likeness (QED) is 0.793. The molecule has 0 aromatic carbocycles. The van der Waals surface area contributed by atoms with Crippen molar-refractivity contribution in [2.24, 2.45) is 5.92 Å². The molecular weight excluding hydrogens is 252 g/mol. The summed E-state index contributed by atoms with van der Waals surface area (Å²) in [5.74, 6) is -0.939. The van der Waals surface area contributed by atoms with Crippen molar-refractivity contribution in [2.75, 3.05) is 6.54 Å². The fraction of sp³-hybridized carbons (Fsp3) is 0.583. The van der Waals surface area contributed by atoms with Crippen LogP contribution in [0.15, 0.2) is 5.38 Å². The number of carbonyl (C=O) groups is 2. The lowest BCUT2D eigenvalue weighted by molar-refractivity contribution is -0.124. The van der Waals surface area contributed by atoms with Gasteiger partial charge in [-0.3, -0.25) is 4.79 Å². The van der Waals surface area contributed by atoms with Crippen LogP contribution in [-0.2, 0) is 11.2 Å². The van der Waals surface area contributed by atoms with Gasteiger partial charge in [0.25, 0.3) is 0 Å². The molecule has 0 aliphatic carbocycles. The number of carboxylic acid groups (broad SMARTS) is 1. The lowest BCUT2D eigenvalue weighted by atomic mass is 10.1. The largest absolute Gasteiger partial charge is 0.476 e. The van der Waals surface area contributed by atoms with E-state index in [0.29, 0.717) is 13.0 Å². The van der Waals surface area contributed by atoms with E-state index >= 15 is 0 Å². The van der Waals surface area contributed by atoms with E-state index in [1.165, 1.54) is 16.7 Å². The van der Waals surface area contributed by atoms with Crippen molar-refractivity contribution in [3.05, 3.63) is 16.1 Å². The number of nitrogens with zero attached hydrogens (tertiary/aromatic N) is 1. The van der Waals surface area contributed by atoms with Crippen molar-refractivity contribution in [2.45, 2.75) is 33.1 Å². The number of amides is 1. The molecule has 1 unspecified atom stereocenters. The third-order valence-corrected chi connectivity index (χ3v) is 3.49. The summed E-state index contributed by atoms with van der Waals surface area (Å²) in [6, 6.07) is 0. The Labute approximate surface area is 110 Å². The number of aromatic carboxylic acids is 1. The average Bonchev–Trinajstić information content (AvgIpc) is 2.78. The zero-order chi connectivity index (χ0) is 13.5. The lowest BCUT2D eigenvalue weighted by Gasteiger charge is -2.10. The Morgan fingerprint density at radius 3 is 2.83 bits per heavy atom. The van der Waals surface area contributed by atoms with Gasteiger partial charge in [0, 0.05) is 24.3 Å². The first-order valence-electron chi connectivity index (χ1n) is 6.00. The highest BCUT2D eigenvalue weighted by atomic mass is 32.1. The van der Waals surface area contributed by atoms with Gasteiger partial charge < -0.3 is 10.4 Å². The normalized spacial score (nSPS) is 12.1. The monoisotopic (exact) mass is 270 g/mol. The highest BCUT2D eigenvalue weighted by Gasteiger charge is 2.12. The second-order valence-electron chi connectivity index (χ2n) is 4.16. The third kappa shape index (κ3) is 4.44. The molecule has 1 atom stereocenters. The first kappa shape index (κ1) is 14.6. The van der Waals surface area contributed by atoms with E-state index in [4.69, 9.17) is 5.11 Å². The molecule has 0 spiro atoms. The molecule has 18 heavy (non-hydrogen) atoms. The summed E-state index contributed by atoms with van der Waals surface area (Å²) in [6.45, 7) is 4.46. The van der Waals surface area contributed by atoms with Crippen molar-refractivity contribution in [1.29, 1.82) is 0 Å². The summed E-state index contributed by atoms with van der Waals surface area (Å²) < 4.78 is 0. The molecule has 1 heterocycles. The molecule has 0 aliphatic rings. The van der Waals surface area contributed by atoms with Crippen molar-refractivity contribution < 1.29 is 14.7 Å². The first-order chi connectivity index (χ1) is 8.54. The topological polar surface area (TPSA) is 79.3 Å². The molecular formula is C12H18N2O3S. The van der Waals surface area contributed by atoms with Crippen molar-refractivity contribution >= 4 is 23.2 Å². The maximum atomic E-state index is 11.6. The van der Waals surface area contributed by atoms with Gasteiger partial charge in [-0.2, -0.15) is 0 Å². The highest BCUT2D eigenvalue weighted by Crippen LogP contribution is 2.10. The smallest absolute Gasteiger partial charge is 0.355 e. The Hall–Kier alpha value is -1.43. The number of hydrogen-bond acceptors (Lipinski definition) is 4. The van der Waals surface area contributed by atoms with Crippen LogP contribution in [0.25, 0.3) is 0 Å². The van der Waals surface area contributed by atoms with Crippen LogP contribution in [-0.4, -0.2) is 28.5 Å². The van der Waals surface area contributed by atoms with Gasteiger partial charge in [0.1, 0.15) is 0 Å². The Kier molecular flexibility index (Phi) is 5.77. The standard InChI is InChI=1S/C12H18N2O3S/c1-3-4-8(2)11(15)13-6-5-10-14-9(7-18-10)12(16)17/h7-8H,3-6H2,1-2H3,(H,13,15)(H,16,17). The van der Waals surface area contributed by atoms with Gasteiger partial charge in [-0.1, -0.05) is 20.3 Å². The van der Waals surface area contributed by atoms with E-state index in [9.17, 15) is 9.59 Å². The predicted octanol–water partition coefficient (Wildman–Crippen LogP) is 1.94. The summed E-state index contributed by atoms with van der Waals surface area (Å²) in [4.78, 5) is 26.2. The number of carboxylic acids is 1. The minimum Gasteiger partial charge on any atom is -0.476 e. The van der Waals surface area contributed by atoms with Crippen LogP contribution in [0.3, 0.4) is 0 Å². The van der Waals surface area contributed by atoms with Gasteiger partial charge >= 0.3 is 5.97 Å². The van der Waals surface area contributed by atoms with Gasteiger partial charge in [0.15, 0.2) is 5.69 Å². The zero-order valence-electron chi connectivity index (χ0n) is 10.6.